The zero-order valence-corrected chi connectivity index (χ0v) is 20.0. The zero-order valence-electron chi connectivity index (χ0n) is 20.0. The molecule has 1 aliphatic heterocycles. The molecular formula is C24H42O6. The highest BCUT2D eigenvalue weighted by atomic mass is 16.7. The summed E-state index contributed by atoms with van der Waals surface area (Å²) in [6.45, 7) is 10.2. The van der Waals surface area contributed by atoms with E-state index < -0.39 is 11.4 Å². The normalized spacial score (nSPS) is 24.7. The van der Waals surface area contributed by atoms with Crippen LogP contribution >= 0.6 is 0 Å². The fourth-order valence-electron chi connectivity index (χ4n) is 4.20. The Hall–Kier alpha value is -1.21. The topological polar surface area (TPSA) is 74.2 Å². The number of esters is 1. The molecular weight excluding hydrogens is 384 g/mol. The monoisotopic (exact) mass is 426 g/mol. The van der Waals surface area contributed by atoms with Crippen molar-refractivity contribution in [2.75, 3.05) is 27.4 Å². The number of hydrogen-bond donors (Lipinski definition) is 1. The largest absolute Gasteiger partial charge is 0.462 e. The summed E-state index contributed by atoms with van der Waals surface area (Å²) in [5.41, 5.74) is 1.65. The highest BCUT2D eigenvalue weighted by Gasteiger charge is 2.51. The SMILES string of the molecule is COC1(OC)CCC(=CCO)CO[C@@]1(C)CCCC(C)C(CC=C(C)C)OC(C)=O. The summed E-state index contributed by atoms with van der Waals surface area (Å²) in [6, 6.07) is 0. The Balaban J connectivity index is 2.85. The van der Waals surface area contributed by atoms with Crippen molar-refractivity contribution in [3.8, 4) is 0 Å². The van der Waals surface area contributed by atoms with E-state index in [9.17, 15) is 9.90 Å². The average molecular weight is 427 g/mol. The number of aliphatic hydroxyl groups excluding tert-OH is 1. The molecule has 0 aliphatic carbocycles. The third-order valence-corrected chi connectivity index (χ3v) is 6.22. The first-order valence-electron chi connectivity index (χ1n) is 11.0. The smallest absolute Gasteiger partial charge is 0.302 e. The van der Waals surface area contributed by atoms with Crippen LogP contribution in [0.5, 0.6) is 0 Å². The third kappa shape index (κ3) is 7.49. The van der Waals surface area contributed by atoms with Crippen LogP contribution < -0.4 is 0 Å². The molecule has 0 aromatic heterocycles. The van der Waals surface area contributed by atoms with Gasteiger partial charge in [-0.1, -0.05) is 24.6 Å². The van der Waals surface area contributed by atoms with Gasteiger partial charge in [-0.2, -0.15) is 0 Å². The molecule has 0 radical (unpaired) electrons. The number of carbonyl (C=O) groups excluding carboxylic acids is 1. The van der Waals surface area contributed by atoms with Gasteiger partial charge in [-0.15, -0.1) is 0 Å². The molecule has 1 heterocycles. The van der Waals surface area contributed by atoms with Crippen molar-refractivity contribution in [2.24, 2.45) is 5.92 Å². The van der Waals surface area contributed by atoms with Crippen molar-refractivity contribution in [1.82, 2.24) is 0 Å². The summed E-state index contributed by atoms with van der Waals surface area (Å²) in [4.78, 5) is 11.5. The highest BCUT2D eigenvalue weighted by molar-refractivity contribution is 5.66. The van der Waals surface area contributed by atoms with Gasteiger partial charge in [0.2, 0.25) is 0 Å². The van der Waals surface area contributed by atoms with Crippen molar-refractivity contribution in [3.05, 3.63) is 23.3 Å². The van der Waals surface area contributed by atoms with Crippen LogP contribution in [0.4, 0.5) is 0 Å². The summed E-state index contributed by atoms with van der Waals surface area (Å²) in [5, 5.41) is 9.25. The van der Waals surface area contributed by atoms with Crippen molar-refractivity contribution in [1.29, 1.82) is 0 Å². The second kappa shape index (κ2) is 12.6. The van der Waals surface area contributed by atoms with Crippen LogP contribution in [-0.2, 0) is 23.7 Å². The van der Waals surface area contributed by atoms with E-state index in [0.29, 0.717) is 13.0 Å². The lowest BCUT2D eigenvalue weighted by molar-refractivity contribution is -0.307. The van der Waals surface area contributed by atoms with Crippen LogP contribution in [0.15, 0.2) is 23.3 Å². The molecule has 174 valence electrons. The third-order valence-electron chi connectivity index (χ3n) is 6.22. The molecule has 1 saturated heterocycles. The molecule has 1 fully saturated rings. The number of rotatable bonds is 11. The Morgan fingerprint density at radius 1 is 1.27 bits per heavy atom. The van der Waals surface area contributed by atoms with Crippen LogP contribution in [0, 0.1) is 5.92 Å². The highest BCUT2D eigenvalue weighted by Crippen LogP contribution is 2.42. The first-order valence-corrected chi connectivity index (χ1v) is 11.0. The lowest BCUT2D eigenvalue weighted by atomic mass is 9.84. The minimum Gasteiger partial charge on any atom is -0.462 e. The van der Waals surface area contributed by atoms with Crippen molar-refractivity contribution < 1.29 is 28.8 Å². The maximum Gasteiger partial charge on any atom is 0.302 e. The predicted octanol–water partition coefficient (Wildman–Crippen LogP) is 4.56. The van der Waals surface area contributed by atoms with E-state index in [2.05, 4.69) is 13.0 Å². The van der Waals surface area contributed by atoms with Gasteiger partial charge in [0.1, 0.15) is 11.7 Å². The summed E-state index contributed by atoms with van der Waals surface area (Å²) >= 11 is 0. The standard InChI is InChI=1S/C24H42O6/c1-18(2)10-11-22(30-20(4)26)19(3)9-8-14-23(5)24(27-6,28-7)15-12-21(13-16-25)17-29-23/h10,13,19,22,25H,8-9,11-12,14-17H2,1-7H3/t19?,22?,23-/m0/s1. The molecule has 1 N–H and O–H groups in total. The first-order chi connectivity index (χ1) is 14.1. The van der Waals surface area contributed by atoms with Crippen LogP contribution in [0.1, 0.15) is 73.1 Å². The molecule has 0 bridgehead atoms. The van der Waals surface area contributed by atoms with Gasteiger partial charge in [0, 0.05) is 34.0 Å². The minimum absolute atomic E-state index is 0.00308. The van der Waals surface area contributed by atoms with E-state index >= 15 is 0 Å². The molecule has 30 heavy (non-hydrogen) atoms. The van der Waals surface area contributed by atoms with Gasteiger partial charge in [0.15, 0.2) is 5.79 Å². The molecule has 0 amide bonds. The molecule has 3 atom stereocenters. The second-order valence-corrected chi connectivity index (χ2v) is 8.76. The zero-order chi connectivity index (χ0) is 22.8. The summed E-state index contributed by atoms with van der Waals surface area (Å²) in [6.07, 6.45) is 8.47. The Morgan fingerprint density at radius 3 is 2.47 bits per heavy atom. The van der Waals surface area contributed by atoms with Gasteiger partial charge in [-0.3, -0.25) is 4.79 Å². The van der Waals surface area contributed by atoms with Crippen LogP contribution in [-0.4, -0.2) is 56.0 Å². The number of ether oxygens (including phenoxy) is 4. The Kier molecular flexibility index (Phi) is 11.3. The van der Waals surface area contributed by atoms with E-state index in [-0.39, 0.29) is 24.6 Å². The maximum atomic E-state index is 11.5. The van der Waals surface area contributed by atoms with E-state index in [0.717, 1.165) is 37.7 Å². The Labute approximate surface area is 182 Å². The lowest BCUT2D eigenvalue weighted by Crippen LogP contribution is -2.55. The lowest BCUT2D eigenvalue weighted by Gasteiger charge is -2.45. The molecule has 6 nitrogen and oxygen atoms in total. The Morgan fingerprint density at radius 2 is 1.93 bits per heavy atom. The molecule has 0 aromatic rings. The maximum absolute atomic E-state index is 11.5. The second-order valence-electron chi connectivity index (χ2n) is 8.76. The van der Waals surface area contributed by atoms with Crippen LogP contribution in [0.3, 0.4) is 0 Å². The molecule has 6 heteroatoms. The quantitative estimate of drug-likeness (QED) is 0.297. The molecule has 0 spiro atoms. The van der Waals surface area contributed by atoms with E-state index in [4.69, 9.17) is 18.9 Å². The summed E-state index contributed by atoms with van der Waals surface area (Å²) in [7, 11) is 3.31. The summed E-state index contributed by atoms with van der Waals surface area (Å²) in [5.74, 6) is -0.865. The van der Waals surface area contributed by atoms with Crippen molar-refractivity contribution in [3.63, 3.8) is 0 Å². The Bertz CT molecular complexity index is 589. The number of methoxy groups -OCH3 is 2. The van der Waals surface area contributed by atoms with Gasteiger partial charge in [0.25, 0.3) is 0 Å². The van der Waals surface area contributed by atoms with Crippen molar-refractivity contribution >= 4 is 5.97 Å². The molecule has 2 unspecified atom stereocenters. The number of allylic oxidation sites excluding steroid dienone is 1. The molecule has 1 aliphatic rings. The average Bonchev–Trinajstić information content (AvgIpc) is 2.82. The minimum atomic E-state index is -0.849. The van der Waals surface area contributed by atoms with Crippen LogP contribution in [0.2, 0.25) is 0 Å². The predicted molar refractivity (Wildman–Crippen MR) is 118 cm³/mol. The fourth-order valence-corrected chi connectivity index (χ4v) is 4.20. The molecule has 0 aromatic carbocycles. The first kappa shape index (κ1) is 26.8. The van der Waals surface area contributed by atoms with E-state index in [1.54, 1.807) is 20.3 Å². The fraction of sp³-hybridized carbons (Fsp3) is 0.792. The van der Waals surface area contributed by atoms with Crippen LogP contribution in [0.25, 0.3) is 0 Å². The molecule has 0 saturated carbocycles. The van der Waals surface area contributed by atoms with Gasteiger partial charge in [0.05, 0.1) is 13.2 Å². The van der Waals surface area contributed by atoms with Gasteiger partial charge in [-0.05, 0) is 57.9 Å². The van der Waals surface area contributed by atoms with E-state index in [1.807, 2.05) is 20.8 Å². The van der Waals surface area contributed by atoms with E-state index in [1.165, 1.54) is 12.5 Å². The van der Waals surface area contributed by atoms with Crippen molar-refractivity contribution in [2.45, 2.75) is 90.6 Å². The van der Waals surface area contributed by atoms with Gasteiger partial charge in [-0.25, -0.2) is 0 Å². The number of carbonyl (C=O) groups is 1. The van der Waals surface area contributed by atoms with Gasteiger partial charge < -0.3 is 24.1 Å². The number of hydrogen-bond acceptors (Lipinski definition) is 6. The molecule has 1 rings (SSSR count). The van der Waals surface area contributed by atoms with Gasteiger partial charge >= 0.3 is 5.97 Å². The number of aliphatic hydroxyl groups is 1. The summed E-state index contributed by atoms with van der Waals surface area (Å²) < 4.78 is 23.6.